The maximum absolute atomic E-state index is 11.2. The van der Waals surface area contributed by atoms with Gasteiger partial charge in [0.2, 0.25) is 0 Å². The highest BCUT2D eigenvalue weighted by atomic mass is 16.3. The van der Waals surface area contributed by atoms with E-state index in [-0.39, 0.29) is 6.04 Å². The Morgan fingerprint density at radius 2 is 1.50 bits per heavy atom. The number of piperidine rings is 1. The van der Waals surface area contributed by atoms with Gasteiger partial charge in [-0.25, -0.2) is 4.98 Å². The van der Waals surface area contributed by atoms with Crippen molar-refractivity contribution in [3.63, 3.8) is 0 Å². The third-order valence-electron chi connectivity index (χ3n) is 6.08. The molecule has 0 saturated carbocycles. The molecule has 1 aromatic heterocycles. The number of benzene rings is 3. The molecule has 1 aliphatic rings. The third kappa shape index (κ3) is 3.74. The lowest BCUT2D eigenvalue weighted by atomic mass is 9.91. The van der Waals surface area contributed by atoms with Gasteiger partial charge >= 0.3 is 0 Å². The van der Waals surface area contributed by atoms with Crippen molar-refractivity contribution in [1.29, 1.82) is 0 Å². The zero-order valence-corrected chi connectivity index (χ0v) is 17.0. The molecule has 1 fully saturated rings. The number of pyridine rings is 1. The van der Waals surface area contributed by atoms with Crippen molar-refractivity contribution in [1.82, 2.24) is 10.3 Å². The summed E-state index contributed by atoms with van der Waals surface area (Å²) in [5.41, 5.74) is 6.24. The van der Waals surface area contributed by atoms with Crippen LogP contribution >= 0.6 is 0 Å². The van der Waals surface area contributed by atoms with E-state index in [1.807, 2.05) is 24.3 Å². The zero-order valence-electron chi connectivity index (χ0n) is 17.0. The fourth-order valence-electron chi connectivity index (χ4n) is 4.42. The number of hydrogen-bond acceptors (Lipinski definition) is 3. The number of fused-ring (bicyclic) bond motifs is 1. The van der Waals surface area contributed by atoms with E-state index < -0.39 is 6.10 Å². The van der Waals surface area contributed by atoms with Crippen LogP contribution in [0.5, 0.6) is 0 Å². The van der Waals surface area contributed by atoms with E-state index in [9.17, 15) is 5.11 Å². The lowest BCUT2D eigenvalue weighted by molar-refractivity contribution is 0.115. The average molecular weight is 395 g/mol. The number of aliphatic hydroxyl groups is 1. The molecule has 2 heterocycles. The van der Waals surface area contributed by atoms with Crippen molar-refractivity contribution in [2.45, 2.75) is 31.4 Å². The molecule has 3 heteroatoms. The summed E-state index contributed by atoms with van der Waals surface area (Å²) in [6, 6.07) is 29.2. The molecule has 5 rings (SSSR count). The SMILES string of the molecule is OC(c1cc(-c2ccc(-c3ccccc3)cc2)nc2ccccc12)C1CCCCN1. The molecule has 0 spiro atoms. The Balaban J connectivity index is 1.55. The van der Waals surface area contributed by atoms with E-state index in [0.717, 1.165) is 47.1 Å². The van der Waals surface area contributed by atoms with Crippen molar-refractivity contribution in [2.75, 3.05) is 6.54 Å². The van der Waals surface area contributed by atoms with Gasteiger partial charge in [0.05, 0.1) is 17.3 Å². The van der Waals surface area contributed by atoms with Crippen LogP contribution in [0.25, 0.3) is 33.3 Å². The van der Waals surface area contributed by atoms with Crippen molar-refractivity contribution in [3.8, 4) is 22.4 Å². The largest absolute Gasteiger partial charge is 0.387 e. The van der Waals surface area contributed by atoms with Crippen molar-refractivity contribution in [2.24, 2.45) is 0 Å². The predicted octanol–water partition coefficient (Wildman–Crippen LogP) is 5.74. The van der Waals surface area contributed by atoms with Crippen LogP contribution in [-0.4, -0.2) is 22.7 Å². The number of para-hydroxylation sites is 1. The van der Waals surface area contributed by atoms with Gasteiger partial charge in [0.1, 0.15) is 0 Å². The summed E-state index contributed by atoms with van der Waals surface area (Å²) in [7, 11) is 0. The van der Waals surface area contributed by atoms with Crippen molar-refractivity contribution >= 4 is 10.9 Å². The van der Waals surface area contributed by atoms with Gasteiger partial charge < -0.3 is 10.4 Å². The Labute approximate surface area is 177 Å². The summed E-state index contributed by atoms with van der Waals surface area (Å²) in [6.45, 7) is 0.971. The Kier molecular flexibility index (Phi) is 5.31. The maximum Gasteiger partial charge on any atom is 0.0950 e. The summed E-state index contributed by atoms with van der Waals surface area (Å²) < 4.78 is 0. The highest BCUT2D eigenvalue weighted by Crippen LogP contribution is 2.32. The second kappa shape index (κ2) is 8.39. The van der Waals surface area contributed by atoms with Gasteiger partial charge in [-0.05, 0) is 48.2 Å². The van der Waals surface area contributed by atoms with Crippen LogP contribution in [0.2, 0.25) is 0 Å². The van der Waals surface area contributed by atoms with Crippen LogP contribution in [-0.2, 0) is 0 Å². The molecule has 0 aliphatic carbocycles. The van der Waals surface area contributed by atoms with E-state index in [1.54, 1.807) is 0 Å². The summed E-state index contributed by atoms with van der Waals surface area (Å²) in [5, 5.41) is 15.7. The molecule has 0 amide bonds. The number of nitrogens with one attached hydrogen (secondary N) is 1. The van der Waals surface area contributed by atoms with Crippen LogP contribution in [0.4, 0.5) is 0 Å². The smallest absolute Gasteiger partial charge is 0.0950 e. The highest BCUT2D eigenvalue weighted by molar-refractivity contribution is 5.86. The average Bonchev–Trinajstić information content (AvgIpc) is 2.84. The maximum atomic E-state index is 11.2. The Bertz CT molecular complexity index is 1130. The topological polar surface area (TPSA) is 45.2 Å². The molecule has 1 aliphatic heterocycles. The molecule has 1 saturated heterocycles. The van der Waals surface area contributed by atoms with Crippen LogP contribution in [0, 0.1) is 0 Å². The number of rotatable bonds is 4. The molecular formula is C27H26N2O. The van der Waals surface area contributed by atoms with Gasteiger partial charge in [0.25, 0.3) is 0 Å². The first-order valence-electron chi connectivity index (χ1n) is 10.8. The minimum atomic E-state index is -0.541. The molecule has 0 bridgehead atoms. The van der Waals surface area contributed by atoms with E-state index in [1.165, 1.54) is 17.5 Å². The first-order valence-corrected chi connectivity index (χ1v) is 10.8. The Morgan fingerprint density at radius 3 is 2.27 bits per heavy atom. The monoisotopic (exact) mass is 394 g/mol. The summed E-state index contributed by atoms with van der Waals surface area (Å²) in [5.74, 6) is 0. The molecule has 2 atom stereocenters. The molecule has 2 N–H and O–H groups in total. The first-order chi connectivity index (χ1) is 14.8. The van der Waals surface area contributed by atoms with E-state index >= 15 is 0 Å². The molecular weight excluding hydrogens is 368 g/mol. The number of hydrogen-bond donors (Lipinski definition) is 2. The Morgan fingerprint density at radius 1 is 0.800 bits per heavy atom. The number of aromatic nitrogens is 1. The molecule has 30 heavy (non-hydrogen) atoms. The van der Waals surface area contributed by atoms with Gasteiger partial charge in [-0.1, -0.05) is 79.2 Å². The predicted molar refractivity (Wildman–Crippen MR) is 123 cm³/mol. The van der Waals surface area contributed by atoms with Gasteiger partial charge in [-0.15, -0.1) is 0 Å². The third-order valence-corrected chi connectivity index (χ3v) is 6.08. The second-order valence-electron chi connectivity index (χ2n) is 8.06. The number of aliphatic hydroxyl groups excluding tert-OH is 1. The summed E-state index contributed by atoms with van der Waals surface area (Å²) >= 11 is 0. The lowest BCUT2D eigenvalue weighted by Crippen LogP contribution is -2.38. The van der Waals surface area contributed by atoms with Crippen LogP contribution in [0.15, 0.2) is 84.9 Å². The minimum Gasteiger partial charge on any atom is -0.387 e. The van der Waals surface area contributed by atoms with Gasteiger partial charge in [0.15, 0.2) is 0 Å². The summed E-state index contributed by atoms with van der Waals surface area (Å²) in [6.07, 6.45) is 2.80. The first kappa shape index (κ1) is 19.0. The van der Waals surface area contributed by atoms with E-state index in [2.05, 4.69) is 66.0 Å². The summed E-state index contributed by atoms with van der Waals surface area (Å²) in [4.78, 5) is 4.90. The molecule has 3 nitrogen and oxygen atoms in total. The van der Waals surface area contributed by atoms with Crippen LogP contribution in [0.1, 0.15) is 30.9 Å². The highest BCUT2D eigenvalue weighted by Gasteiger charge is 2.25. The Hall–Kier alpha value is -3.01. The zero-order chi connectivity index (χ0) is 20.3. The van der Waals surface area contributed by atoms with Gasteiger partial charge in [-0.3, -0.25) is 0 Å². The van der Waals surface area contributed by atoms with Gasteiger partial charge in [-0.2, -0.15) is 0 Å². The quantitative estimate of drug-likeness (QED) is 0.464. The van der Waals surface area contributed by atoms with E-state index in [0.29, 0.717) is 0 Å². The normalized spacial score (nSPS) is 17.7. The van der Waals surface area contributed by atoms with Gasteiger partial charge in [0, 0.05) is 17.0 Å². The lowest BCUT2D eigenvalue weighted by Gasteiger charge is -2.29. The van der Waals surface area contributed by atoms with E-state index in [4.69, 9.17) is 4.98 Å². The molecule has 150 valence electrons. The van der Waals surface area contributed by atoms with Crippen molar-refractivity contribution in [3.05, 3.63) is 90.5 Å². The fourth-order valence-corrected chi connectivity index (χ4v) is 4.42. The minimum absolute atomic E-state index is 0.0952. The van der Waals surface area contributed by atoms with Crippen molar-refractivity contribution < 1.29 is 5.11 Å². The number of nitrogens with zero attached hydrogens (tertiary/aromatic N) is 1. The molecule has 4 aromatic rings. The molecule has 0 radical (unpaired) electrons. The fraction of sp³-hybridized carbons (Fsp3) is 0.222. The second-order valence-corrected chi connectivity index (χ2v) is 8.06. The van der Waals surface area contributed by atoms with Crippen LogP contribution < -0.4 is 5.32 Å². The standard InChI is InChI=1S/C27H26N2O/c30-27(25-12-6-7-17-28-25)23-18-26(29-24-11-5-4-10-22(23)24)21-15-13-20(14-16-21)19-8-2-1-3-9-19/h1-5,8-11,13-16,18,25,27-28,30H,6-7,12,17H2. The molecule has 3 aromatic carbocycles. The molecule has 2 unspecified atom stereocenters. The van der Waals surface area contributed by atoms with Crippen LogP contribution in [0.3, 0.4) is 0 Å².